The SMILES string of the molecule is Cc1cc(C)c(C(=O)P2C3CCC2CC3)c(C)c1. The van der Waals surface area contributed by atoms with Crippen LogP contribution < -0.4 is 0 Å². The second-order valence-corrected chi connectivity index (χ2v) is 8.63. The van der Waals surface area contributed by atoms with Gasteiger partial charge < -0.3 is 0 Å². The molecule has 2 saturated heterocycles. The average Bonchev–Trinajstić information content (AvgIpc) is 2.86. The predicted octanol–water partition coefficient (Wildman–Crippen LogP) is 4.56. The Morgan fingerprint density at radius 3 is 1.89 bits per heavy atom. The van der Waals surface area contributed by atoms with Crippen molar-refractivity contribution in [2.24, 2.45) is 0 Å². The van der Waals surface area contributed by atoms with E-state index in [0.29, 0.717) is 5.52 Å². The molecule has 3 rings (SSSR count). The maximum atomic E-state index is 12.9. The van der Waals surface area contributed by atoms with Gasteiger partial charge in [0.05, 0.1) is 0 Å². The molecule has 0 radical (unpaired) electrons. The maximum absolute atomic E-state index is 12.9. The fourth-order valence-electron chi connectivity index (χ4n) is 3.89. The van der Waals surface area contributed by atoms with E-state index in [1.807, 2.05) is 0 Å². The molecule has 0 saturated carbocycles. The van der Waals surface area contributed by atoms with Crippen LogP contribution in [0.2, 0.25) is 0 Å². The van der Waals surface area contributed by atoms with Gasteiger partial charge in [0.1, 0.15) is 0 Å². The number of carbonyl (C=O) groups excluding carboxylic acids is 1. The summed E-state index contributed by atoms with van der Waals surface area (Å²) in [5.74, 6) is 0. The minimum Gasteiger partial charge on any atom is -0.289 e. The molecule has 0 unspecified atom stereocenters. The lowest BCUT2D eigenvalue weighted by atomic mass is 10.0. The minimum absolute atomic E-state index is 0.375. The number of aryl methyl sites for hydroxylation is 3. The van der Waals surface area contributed by atoms with E-state index < -0.39 is 0 Å². The lowest BCUT2D eigenvalue weighted by molar-refractivity contribution is 0.108. The van der Waals surface area contributed by atoms with Crippen LogP contribution >= 0.6 is 7.92 Å². The Morgan fingerprint density at radius 2 is 1.44 bits per heavy atom. The molecule has 1 aromatic rings. The number of fused-ring (bicyclic) bond motifs is 2. The Balaban J connectivity index is 1.98. The normalized spacial score (nSPS) is 29.8. The van der Waals surface area contributed by atoms with Gasteiger partial charge in [0.15, 0.2) is 5.52 Å². The van der Waals surface area contributed by atoms with Crippen LogP contribution in [0, 0.1) is 20.8 Å². The fourth-order valence-corrected chi connectivity index (χ4v) is 7.47. The summed E-state index contributed by atoms with van der Waals surface area (Å²) in [6.45, 7) is 6.31. The molecular formula is C16H21OP. The highest BCUT2D eigenvalue weighted by Crippen LogP contribution is 2.65. The molecule has 0 atom stereocenters. The van der Waals surface area contributed by atoms with E-state index in [0.717, 1.165) is 16.9 Å². The largest absolute Gasteiger partial charge is 0.289 e. The van der Waals surface area contributed by atoms with Crippen molar-refractivity contribution >= 4 is 13.4 Å². The molecule has 18 heavy (non-hydrogen) atoms. The van der Waals surface area contributed by atoms with Crippen LogP contribution in [0.25, 0.3) is 0 Å². The van der Waals surface area contributed by atoms with Crippen molar-refractivity contribution in [3.05, 3.63) is 34.4 Å². The molecule has 0 spiro atoms. The molecule has 2 bridgehead atoms. The number of hydrogen-bond donors (Lipinski definition) is 0. The van der Waals surface area contributed by atoms with Crippen molar-refractivity contribution in [3.8, 4) is 0 Å². The predicted molar refractivity (Wildman–Crippen MR) is 77.9 cm³/mol. The molecule has 2 heterocycles. The minimum atomic E-state index is -0.375. The van der Waals surface area contributed by atoms with Gasteiger partial charge in [0, 0.05) is 5.56 Å². The molecule has 0 aromatic heterocycles. The van der Waals surface area contributed by atoms with Crippen molar-refractivity contribution in [1.29, 1.82) is 0 Å². The molecule has 0 amide bonds. The molecule has 2 aliphatic rings. The summed E-state index contributed by atoms with van der Waals surface area (Å²) in [7, 11) is -0.375. The van der Waals surface area contributed by atoms with E-state index in [9.17, 15) is 4.79 Å². The monoisotopic (exact) mass is 260 g/mol. The van der Waals surface area contributed by atoms with Crippen molar-refractivity contribution in [3.63, 3.8) is 0 Å². The second-order valence-electron chi connectivity index (χ2n) is 5.95. The van der Waals surface area contributed by atoms with Gasteiger partial charge in [-0.15, -0.1) is 0 Å². The van der Waals surface area contributed by atoms with Crippen molar-refractivity contribution in [2.45, 2.75) is 57.8 Å². The van der Waals surface area contributed by atoms with Gasteiger partial charge in [-0.1, -0.05) is 17.7 Å². The fraction of sp³-hybridized carbons (Fsp3) is 0.562. The van der Waals surface area contributed by atoms with E-state index in [-0.39, 0.29) is 7.92 Å². The highest BCUT2D eigenvalue weighted by molar-refractivity contribution is 7.77. The molecule has 1 aromatic carbocycles. The standard InChI is InChI=1S/C16H21OP/c1-10-8-11(2)15(12(3)9-10)16(17)18-13-4-5-14(18)7-6-13/h8-9,13-14H,4-7H2,1-3H3. The average molecular weight is 260 g/mol. The van der Waals surface area contributed by atoms with Crippen molar-refractivity contribution in [1.82, 2.24) is 0 Å². The first-order valence-electron chi connectivity index (χ1n) is 6.98. The smallest absolute Gasteiger partial charge is 0.185 e. The third-order valence-electron chi connectivity index (χ3n) is 4.58. The molecule has 2 heteroatoms. The molecule has 2 fully saturated rings. The lowest BCUT2D eigenvalue weighted by Gasteiger charge is -2.18. The Hall–Kier alpha value is -0.680. The topological polar surface area (TPSA) is 17.1 Å². The zero-order chi connectivity index (χ0) is 12.9. The van der Waals surface area contributed by atoms with Gasteiger partial charge in [0.2, 0.25) is 0 Å². The Kier molecular flexibility index (Phi) is 3.06. The molecule has 1 nitrogen and oxygen atoms in total. The first-order chi connectivity index (χ1) is 8.58. The van der Waals surface area contributed by atoms with Gasteiger partial charge in [0.25, 0.3) is 0 Å². The van der Waals surface area contributed by atoms with E-state index >= 15 is 0 Å². The Morgan fingerprint density at radius 1 is 1.00 bits per heavy atom. The first-order valence-corrected chi connectivity index (χ1v) is 8.46. The highest BCUT2D eigenvalue weighted by Gasteiger charge is 2.45. The molecule has 0 aliphatic carbocycles. The van der Waals surface area contributed by atoms with Crippen LogP contribution in [-0.4, -0.2) is 16.8 Å². The first kappa shape index (κ1) is 12.4. The number of benzene rings is 1. The third-order valence-corrected chi connectivity index (χ3v) is 7.88. The molecule has 96 valence electrons. The van der Waals surface area contributed by atoms with Gasteiger partial charge >= 0.3 is 0 Å². The summed E-state index contributed by atoms with van der Waals surface area (Å²) in [4.78, 5) is 12.9. The summed E-state index contributed by atoms with van der Waals surface area (Å²) in [5.41, 5.74) is 6.69. The number of carbonyl (C=O) groups is 1. The third kappa shape index (κ3) is 1.84. The summed E-state index contributed by atoms with van der Waals surface area (Å²) in [5, 5.41) is 0. The van der Waals surface area contributed by atoms with Gasteiger partial charge in [-0.25, -0.2) is 0 Å². The maximum Gasteiger partial charge on any atom is 0.185 e. The second kappa shape index (κ2) is 4.46. The quantitative estimate of drug-likeness (QED) is 0.712. The van der Waals surface area contributed by atoms with Gasteiger partial charge in [-0.3, -0.25) is 4.79 Å². The van der Waals surface area contributed by atoms with Crippen molar-refractivity contribution in [2.75, 3.05) is 0 Å². The summed E-state index contributed by atoms with van der Waals surface area (Å²) in [6, 6.07) is 4.32. The molecule has 2 aliphatic heterocycles. The number of hydrogen-bond acceptors (Lipinski definition) is 1. The molecule has 0 N–H and O–H groups in total. The number of rotatable bonds is 2. The van der Waals surface area contributed by atoms with Crippen molar-refractivity contribution < 1.29 is 4.79 Å². The van der Waals surface area contributed by atoms with Crippen LogP contribution in [0.15, 0.2) is 12.1 Å². The zero-order valence-electron chi connectivity index (χ0n) is 11.5. The van der Waals surface area contributed by atoms with Gasteiger partial charge in [-0.05, 0) is 76.8 Å². The van der Waals surface area contributed by atoms with Gasteiger partial charge in [-0.2, -0.15) is 0 Å². The molecular weight excluding hydrogens is 239 g/mol. The Labute approximate surface area is 111 Å². The van der Waals surface area contributed by atoms with Crippen LogP contribution in [-0.2, 0) is 0 Å². The highest BCUT2D eigenvalue weighted by atomic mass is 31.1. The van der Waals surface area contributed by atoms with Crippen LogP contribution in [0.5, 0.6) is 0 Å². The summed E-state index contributed by atoms with van der Waals surface area (Å²) in [6.07, 6.45) is 5.25. The van der Waals surface area contributed by atoms with Crippen LogP contribution in [0.4, 0.5) is 0 Å². The zero-order valence-corrected chi connectivity index (χ0v) is 12.4. The van der Waals surface area contributed by atoms with Crippen LogP contribution in [0.1, 0.15) is 52.7 Å². The summed E-state index contributed by atoms with van der Waals surface area (Å²) >= 11 is 0. The van der Waals surface area contributed by atoms with E-state index in [1.165, 1.54) is 42.4 Å². The van der Waals surface area contributed by atoms with Crippen LogP contribution in [0.3, 0.4) is 0 Å². The van der Waals surface area contributed by atoms with E-state index in [2.05, 4.69) is 32.9 Å². The lowest BCUT2D eigenvalue weighted by Crippen LogP contribution is -2.08. The van der Waals surface area contributed by atoms with E-state index in [1.54, 1.807) is 0 Å². The Bertz CT molecular complexity index is 463. The summed E-state index contributed by atoms with van der Waals surface area (Å²) < 4.78 is 0. The van der Waals surface area contributed by atoms with E-state index in [4.69, 9.17) is 0 Å².